The first-order chi connectivity index (χ1) is 9.51. The van der Waals surface area contributed by atoms with Gasteiger partial charge in [0.15, 0.2) is 0 Å². The lowest BCUT2D eigenvalue weighted by molar-refractivity contribution is -0.928. The molecule has 21 heavy (non-hydrogen) atoms. The molecule has 4 heteroatoms. The number of halogens is 1. The first-order valence-electron chi connectivity index (χ1n) is 8.30. The summed E-state index contributed by atoms with van der Waals surface area (Å²) in [6.07, 6.45) is 6.03. The van der Waals surface area contributed by atoms with Crippen molar-refractivity contribution in [2.24, 2.45) is 0 Å². The molecule has 3 nitrogen and oxygen atoms in total. The van der Waals surface area contributed by atoms with Gasteiger partial charge in [-0.1, -0.05) is 27.4 Å². The number of quaternary nitrogens is 1. The molecule has 0 aliphatic carbocycles. The Morgan fingerprint density at radius 2 is 1.43 bits per heavy atom. The molecule has 0 rings (SSSR count). The van der Waals surface area contributed by atoms with E-state index in [-0.39, 0.29) is 18.3 Å². The van der Waals surface area contributed by atoms with Gasteiger partial charge in [-0.15, -0.1) is 0 Å². The molecule has 0 bridgehead atoms. The molecule has 0 atom stereocenters. The summed E-state index contributed by atoms with van der Waals surface area (Å²) < 4.78 is 1.26. The minimum atomic E-state index is -0.0126. The standard InChI is InChI=1S/C17H34N2O.ClH/c1-6-12-19(13-7-2,14-8-3)15-10-9-11-18-17(20)16(4)5;/h4,6-15H2,1-3,5H3;1H. The molecule has 0 saturated heterocycles. The van der Waals surface area contributed by atoms with Crippen LogP contribution in [0.2, 0.25) is 0 Å². The van der Waals surface area contributed by atoms with E-state index in [1.165, 1.54) is 56.3 Å². The highest BCUT2D eigenvalue weighted by molar-refractivity contribution is 5.91. The average Bonchev–Trinajstić information content (AvgIpc) is 2.39. The Balaban J connectivity index is 0. The quantitative estimate of drug-likeness (QED) is 0.317. The van der Waals surface area contributed by atoms with Crippen LogP contribution in [0.4, 0.5) is 0 Å². The van der Waals surface area contributed by atoms with Crippen molar-refractivity contribution in [2.45, 2.75) is 59.8 Å². The molecule has 126 valence electrons. The summed E-state index contributed by atoms with van der Waals surface area (Å²) in [5, 5.41) is 2.92. The normalized spacial score (nSPS) is 10.9. The molecule has 1 amide bonds. The van der Waals surface area contributed by atoms with Crippen LogP contribution in [-0.2, 0) is 4.79 Å². The topological polar surface area (TPSA) is 29.1 Å². The van der Waals surface area contributed by atoms with Gasteiger partial charge < -0.3 is 22.2 Å². The predicted molar refractivity (Wildman–Crippen MR) is 87.7 cm³/mol. The van der Waals surface area contributed by atoms with Gasteiger partial charge in [-0.3, -0.25) is 4.79 Å². The van der Waals surface area contributed by atoms with Crippen molar-refractivity contribution < 1.29 is 21.7 Å². The van der Waals surface area contributed by atoms with Gasteiger partial charge in [-0.2, -0.15) is 0 Å². The van der Waals surface area contributed by atoms with E-state index in [9.17, 15) is 4.79 Å². The van der Waals surface area contributed by atoms with Gasteiger partial charge in [0.25, 0.3) is 0 Å². The number of rotatable bonds is 12. The summed E-state index contributed by atoms with van der Waals surface area (Å²) >= 11 is 0. The van der Waals surface area contributed by atoms with E-state index in [4.69, 9.17) is 0 Å². The monoisotopic (exact) mass is 318 g/mol. The van der Waals surface area contributed by atoms with Crippen molar-refractivity contribution in [3.05, 3.63) is 12.2 Å². The molecule has 1 N–H and O–H groups in total. The van der Waals surface area contributed by atoms with Crippen LogP contribution in [0.3, 0.4) is 0 Å². The van der Waals surface area contributed by atoms with Gasteiger partial charge in [0, 0.05) is 12.1 Å². The van der Waals surface area contributed by atoms with Gasteiger partial charge in [0.05, 0.1) is 26.2 Å². The molecule has 0 aromatic carbocycles. The van der Waals surface area contributed by atoms with Crippen molar-refractivity contribution >= 4 is 5.91 Å². The second-order valence-corrected chi connectivity index (χ2v) is 5.98. The summed E-state index contributed by atoms with van der Waals surface area (Å²) in [5.74, 6) is -0.0126. The highest BCUT2D eigenvalue weighted by Gasteiger charge is 2.23. The fraction of sp³-hybridized carbons (Fsp3) is 0.824. The summed E-state index contributed by atoms with van der Waals surface area (Å²) in [6.45, 7) is 18.1. The summed E-state index contributed by atoms with van der Waals surface area (Å²) in [5.41, 5.74) is 0.595. The fourth-order valence-corrected chi connectivity index (χ4v) is 3.02. The van der Waals surface area contributed by atoms with E-state index in [1.807, 2.05) is 0 Å². The lowest BCUT2D eigenvalue weighted by Crippen LogP contribution is -3.00. The van der Waals surface area contributed by atoms with Crippen molar-refractivity contribution in [3.8, 4) is 0 Å². The van der Waals surface area contributed by atoms with Crippen molar-refractivity contribution in [3.63, 3.8) is 0 Å². The number of amides is 1. The Labute approximate surface area is 138 Å². The molecule has 0 heterocycles. The predicted octanol–water partition coefficient (Wildman–Crippen LogP) is 0.510. The zero-order chi connectivity index (χ0) is 15.4. The number of carbonyl (C=O) groups is 1. The number of carbonyl (C=O) groups excluding carboxylic acids is 1. The lowest BCUT2D eigenvalue weighted by atomic mass is 10.2. The molecule has 0 fully saturated rings. The summed E-state index contributed by atoms with van der Waals surface area (Å²) in [6, 6.07) is 0. The zero-order valence-electron chi connectivity index (χ0n) is 14.5. The summed E-state index contributed by atoms with van der Waals surface area (Å²) in [4.78, 5) is 11.4. The Morgan fingerprint density at radius 3 is 1.81 bits per heavy atom. The number of nitrogens with one attached hydrogen (secondary N) is 1. The van der Waals surface area contributed by atoms with Crippen molar-refractivity contribution in [1.82, 2.24) is 5.32 Å². The minimum absolute atomic E-state index is 0. The van der Waals surface area contributed by atoms with Crippen LogP contribution in [-0.4, -0.2) is 43.1 Å². The van der Waals surface area contributed by atoms with E-state index in [1.54, 1.807) is 6.92 Å². The maximum Gasteiger partial charge on any atom is 0.246 e. The molecular formula is C17H35ClN2O. The lowest BCUT2D eigenvalue weighted by Gasteiger charge is -2.38. The highest BCUT2D eigenvalue weighted by Crippen LogP contribution is 2.13. The molecule has 0 spiro atoms. The third kappa shape index (κ3) is 9.92. The van der Waals surface area contributed by atoms with E-state index < -0.39 is 0 Å². The number of hydrogen-bond donors (Lipinski definition) is 1. The van der Waals surface area contributed by atoms with Gasteiger partial charge in [-0.25, -0.2) is 0 Å². The van der Waals surface area contributed by atoms with Crippen LogP contribution < -0.4 is 17.7 Å². The highest BCUT2D eigenvalue weighted by atomic mass is 35.5. The second-order valence-electron chi connectivity index (χ2n) is 5.98. The van der Waals surface area contributed by atoms with Crippen LogP contribution in [0.1, 0.15) is 59.8 Å². The zero-order valence-corrected chi connectivity index (χ0v) is 15.3. The molecule has 0 aromatic heterocycles. The SMILES string of the molecule is C=C(C)C(=O)NCCCC[N+](CCC)(CCC)CCC.[Cl-]. The Morgan fingerprint density at radius 1 is 0.952 bits per heavy atom. The molecule has 0 aliphatic rings. The van der Waals surface area contributed by atoms with Crippen LogP contribution >= 0.6 is 0 Å². The number of nitrogens with zero attached hydrogens (tertiary/aromatic N) is 1. The van der Waals surface area contributed by atoms with E-state index in [0.717, 1.165) is 13.0 Å². The average molecular weight is 319 g/mol. The third-order valence-electron chi connectivity index (χ3n) is 3.83. The van der Waals surface area contributed by atoms with Gasteiger partial charge in [0.2, 0.25) is 5.91 Å². The Kier molecular flexibility index (Phi) is 14.2. The van der Waals surface area contributed by atoms with Gasteiger partial charge in [0.1, 0.15) is 0 Å². The van der Waals surface area contributed by atoms with Gasteiger partial charge >= 0.3 is 0 Å². The molecule has 0 unspecified atom stereocenters. The smallest absolute Gasteiger partial charge is 0.246 e. The second kappa shape index (κ2) is 13.1. The Hall–Kier alpha value is -0.540. The Bertz CT molecular complexity index is 275. The van der Waals surface area contributed by atoms with Crippen molar-refractivity contribution in [1.29, 1.82) is 0 Å². The molecule has 0 saturated carbocycles. The van der Waals surface area contributed by atoms with Crippen LogP contribution in [0.25, 0.3) is 0 Å². The number of unbranched alkanes of at least 4 members (excludes halogenated alkanes) is 1. The van der Waals surface area contributed by atoms with E-state index in [2.05, 4.69) is 32.7 Å². The first kappa shape index (κ1) is 22.7. The van der Waals surface area contributed by atoms with E-state index in [0.29, 0.717) is 5.57 Å². The molecule has 0 aromatic rings. The largest absolute Gasteiger partial charge is 1.00 e. The molecular weight excluding hydrogens is 284 g/mol. The number of hydrogen-bond acceptors (Lipinski definition) is 1. The first-order valence-corrected chi connectivity index (χ1v) is 8.30. The fourth-order valence-electron chi connectivity index (χ4n) is 3.02. The van der Waals surface area contributed by atoms with E-state index >= 15 is 0 Å². The van der Waals surface area contributed by atoms with Crippen LogP contribution in [0.5, 0.6) is 0 Å². The van der Waals surface area contributed by atoms with Crippen molar-refractivity contribution in [2.75, 3.05) is 32.7 Å². The third-order valence-corrected chi connectivity index (χ3v) is 3.83. The summed E-state index contributed by atoms with van der Waals surface area (Å²) in [7, 11) is 0. The molecule has 0 aliphatic heterocycles. The maximum atomic E-state index is 11.4. The van der Waals surface area contributed by atoms with Gasteiger partial charge in [-0.05, 0) is 39.0 Å². The minimum Gasteiger partial charge on any atom is -1.00 e. The maximum absolute atomic E-state index is 11.4. The van der Waals surface area contributed by atoms with Crippen LogP contribution in [0.15, 0.2) is 12.2 Å². The van der Waals surface area contributed by atoms with Crippen LogP contribution in [0, 0.1) is 0 Å². The molecule has 0 radical (unpaired) electrons.